The van der Waals surface area contributed by atoms with Gasteiger partial charge in [0.2, 0.25) is 0 Å². The van der Waals surface area contributed by atoms with E-state index in [9.17, 15) is 35.9 Å². The number of esters is 1. The van der Waals surface area contributed by atoms with Crippen molar-refractivity contribution in [3.63, 3.8) is 0 Å². The minimum atomic E-state index is -5.65. The fraction of sp³-hybridized carbons (Fsp3) is 0.789. The van der Waals surface area contributed by atoms with Crippen LogP contribution in [0, 0.1) is 5.92 Å². The normalized spacial score (nSPS) is 15.4. The van der Waals surface area contributed by atoms with E-state index < -0.39 is 82.5 Å². The molecule has 7 nitrogen and oxygen atoms in total. The zero-order chi connectivity index (χ0) is 29.0. The minimum absolute atomic E-state index is 0.439. The Morgan fingerprint density at radius 1 is 0.778 bits per heavy atom. The molecular weight excluding hydrogens is 567 g/mol. The first-order valence-corrected chi connectivity index (χ1v) is 23.0. The number of carbonyl (C=O) groups excluding carboxylic acids is 1. The van der Waals surface area contributed by atoms with Gasteiger partial charge in [0.25, 0.3) is 0 Å². The Hall–Kier alpha value is -0.992. The maximum absolute atomic E-state index is 13.8. The quantitative estimate of drug-likeness (QED) is 0.117. The van der Waals surface area contributed by atoms with Crippen molar-refractivity contribution in [1.82, 2.24) is 0 Å². The van der Waals surface area contributed by atoms with Crippen molar-refractivity contribution in [2.45, 2.75) is 83.2 Å². The Morgan fingerprint density at radius 2 is 1.19 bits per heavy atom. The van der Waals surface area contributed by atoms with Crippen molar-refractivity contribution < 1.29 is 58.1 Å². The highest BCUT2D eigenvalue weighted by Gasteiger charge is 2.64. The highest BCUT2D eigenvalue weighted by molar-refractivity contribution is 6.90. The molecule has 0 fully saturated rings. The lowest BCUT2D eigenvalue weighted by Crippen LogP contribution is -2.61. The molecule has 0 aliphatic rings. The number of hydrogen-bond acceptors (Lipinski definition) is 6. The lowest BCUT2D eigenvalue weighted by molar-refractivity contribution is -0.286. The molecule has 1 N–H and O–H groups in total. The number of carbonyl (C=O) groups is 2. The first kappa shape index (κ1) is 35.0. The zero-order valence-electron chi connectivity index (χ0n) is 21.9. The van der Waals surface area contributed by atoms with Gasteiger partial charge >= 0.3 is 33.1 Å². The van der Waals surface area contributed by atoms with Crippen LogP contribution in [0.25, 0.3) is 0 Å². The van der Waals surface area contributed by atoms with Gasteiger partial charge in [-0.1, -0.05) is 0 Å². The summed E-state index contributed by atoms with van der Waals surface area (Å²) in [5.74, 6) is -6.43. The zero-order valence-corrected chi connectivity index (χ0v) is 25.9. The van der Waals surface area contributed by atoms with E-state index in [1.165, 1.54) is 19.6 Å². The minimum Gasteiger partial charge on any atom is -0.478 e. The van der Waals surface area contributed by atoms with Crippen LogP contribution in [0.2, 0.25) is 64.5 Å². The number of aliphatic carboxylic acids is 1. The molecule has 1 atom stereocenters. The fourth-order valence-corrected chi connectivity index (χ4v) is 20.7. The van der Waals surface area contributed by atoms with Crippen molar-refractivity contribution >= 4 is 45.7 Å². The van der Waals surface area contributed by atoms with Gasteiger partial charge in [-0.05, 0) is 58.8 Å². The first-order chi connectivity index (χ1) is 15.7. The molecule has 0 aromatic carbocycles. The van der Waals surface area contributed by atoms with E-state index in [2.05, 4.69) is 0 Å². The van der Waals surface area contributed by atoms with Gasteiger partial charge in [-0.3, -0.25) is 0 Å². The van der Waals surface area contributed by atoms with Crippen LogP contribution in [0.3, 0.4) is 0 Å². The molecule has 0 bridgehead atoms. The van der Waals surface area contributed by atoms with Gasteiger partial charge < -0.3 is 22.2 Å². The molecule has 0 aliphatic carbocycles. The fourth-order valence-electron chi connectivity index (χ4n) is 3.76. The van der Waals surface area contributed by atoms with E-state index in [1.807, 2.05) is 0 Å². The summed E-state index contributed by atoms with van der Waals surface area (Å²) in [6.45, 7) is 14.0. The summed E-state index contributed by atoms with van der Waals surface area (Å²) in [5.41, 5.74) is -2.11. The third-order valence-corrected chi connectivity index (χ3v) is 18.3. The number of hydrogen-bond donors (Lipinski definition) is 1. The molecule has 0 amide bonds. The summed E-state index contributed by atoms with van der Waals surface area (Å²) in [6.07, 6.45) is -11.2. The van der Waals surface area contributed by atoms with Gasteiger partial charge in [-0.25, -0.2) is 9.59 Å². The number of alkyl halides is 6. The Balaban J connectivity index is 6.36. The number of carboxylic acids is 1. The van der Waals surface area contributed by atoms with E-state index in [1.54, 1.807) is 39.3 Å². The molecule has 212 valence electrons. The van der Waals surface area contributed by atoms with Crippen LogP contribution < -0.4 is 0 Å². The summed E-state index contributed by atoms with van der Waals surface area (Å²) in [4.78, 5) is 22.1. The molecule has 0 saturated carbocycles. The van der Waals surface area contributed by atoms with Gasteiger partial charge in [0.1, 0.15) is 0 Å². The second kappa shape index (κ2) is 12.2. The molecule has 36 heavy (non-hydrogen) atoms. The van der Waals surface area contributed by atoms with Crippen LogP contribution in [0.15, 0.2) is 12.2 Å². The van der Waals surface area contributed by atoms with Crippen molar-refractivity contribution in [2.75, 3.05) is 6.61 Å². The molecule has 0 aromatic heterocycles. The Kier molecular flexibility index (Phi) is 11.9. The smallest absolute Gasteiger partial charge is 0.466 e. The molecule has 0 aromatic rings. The second-order valence-electron chi connectivity index (χ2n) is 10.8. The monoisotopic (exact) mass is 602 g/mol. The van der Waals surface area contributed by atoms with E-state index >= 15 is 0 Å². The SMILES string of the molecule is C[Si](C)(C)O[Si](C)(O[Si](C)(C)C)O[Si](C)(C)C(CCOC(=O)/C=C/C(=O)O)C(C(F)(F)F)C(F)(F)F. The maximum atomic E-state index is 13.8. The average molecular weight is 603 g/mol. The highest BCUT2D eigenvalue weighted by atomic mass is 28.5. The molecule has 17 heteroatoms. The Bertz CT molecular complexity index is 759. The number of ether oxygens (including phenoxy) is 1. The van der Waals surface area contributed by atoms with Crippen LogP contribution in [0.5, 0.6) is 0 Å². The van der Waals surface area contributed by atoms with Crippen LogP contribution in [-0.2, 0) is 26.7 Å². The molecule has 0 rings (SSSR count). The van der Waals surface area contributed by atoms with Crippen molar-refractivity contribution in [3.05, 3.63) is 12.2 Å². The molecular formula is C19H36F6O7Si4. The van der Waals surface area contributed by atoms with Gasteiger partial charge in [0.05, 0.1) is 6.61 Å². The van der Waals surface area contributed by atoms with Crippen molar-refractivity contribution in [1.29, 1.82) is 0 Å². The molecule has 1 unspecified atom stereocenters. The topological polar surface area (TPSA) is 91.3 Å². The van der Waals surface area contributed by atoms with Gasteiger partial charge in [-0.15, -0.1) is 0 Å². The van der Waals surface area contributed by atoms with Crippen molar-refractivity contribution in [2.24, 2.45) is 5.92 Å². The molecule has 0 heterocycles. The van der Waals surface area contributed by atoms with Crippen molar-refractivity contribution in [3.8, 4) is 0 Å². The molecule has 0 saturated heterocycles. The predicted octanol–water partition coefficient (Wildman–Crippen LogP) is 6.16. The summed E-state index contributed by atoms with van der Waals surface area (Å²) in [6, 6.07) is 0. The van der Waals surface area contributed by atoms with E-state index in [0.29, 0.717) is 12.2 Å². The van der Waals surface area contributed by atoms with E-state index in [4.69, 9.17) is 22.2 Å². The summed E-state index contributed by atoms with van der Waals surface area (Å²) in [7, 11) is -12.4. The summed E-state index contributed by atoms with van der Waals surface area (Å²) >= 11 is 0. The lowest BCUT2D eigenvalue weighted by Gasteiger charge is -2.46. The van der Waals surface area contributed by atoms with Gasteiger partial charge in [-0.2, -0.15) is 26.3 Å². The predicted molar refractivity (Wildman–Crippen MR) is 131 cm³/mol. The lowest BCUT2D eigenvalue weighted by atomic mass is 10.0. The number of carboxylic acid groups (broad SMARTS) is 1. The molecule has 0 spiro atoms. The average Bonchev–Trinajstić information content (AvgIpc) is 2.51. The van der Waals surface area contributed by atoms with Gasteiger partial charge in [0, 0.05) is 24.2 Å². The maximum Gasteiger partial charge on any atom is 0.466 e. The van der Waals surface area contributed by atoms with E-state index in [-0.39, 0.29) is 0 Å². The first-order valence-electron chi connectivity index (χ1n) is 11.0. The third-order valence-electron chi connectivity index (χ3n) is 4.47. The Labute approximate surface area is 211 Å². The Morgan fingerprint density at radius 3 is 1.53 bits per heavy atom. The molecule has 0 aliphatic heterocycles. The van der Waals surface area contributed by atoms with Gasteiger partial charge in [0.15, 0.2) is 30.9 Å². The number of halogens is 6. The standard InChI is InChI=1S/C19H36F6O7Si4/c1-33(2,3)30-36(9,31-34(4,5)6)32-35(7,8)14(17(18(20,21)22)19(23,24)25)12-13-29-16(28)11-10-15(26)27/h10-11,14,17H,12-13H2,1-9H3,(H,26,27)/b11-10+. The number of rotatable bonds is 13. The van der Waals surface area contributed by atoms with E-state index in [0.717, 1.165) is 0 Å². The van der Waals surface area contributed by atoms with Crippen LogP contribution in [-0.4, -0.2) is 69.8 Å². The van der Waals surface area contributed by atoms with Crippen LogP contribution >= 0.6 is 0 Å². The highest BCUT2D eigenvalue weighted by Crippen LogP contribution is 2.52. The van der Waals surface area contributed by atoms with Crippen LogP contribution in [0.1, 0.15) is 6.42 Å². The second-order valence-corrected chi connectivity index (χ2v) is 27.4. The molecule has 0 radical (unpaired) electrons. The van der Waals surface area contributed by atoms with Crippen LogP contribution in [0.4, 0.5) is 26.3 Å². The summed E-state index contributed by atoms with van der Waals surface area (Å²) in [5, 5.41) is 8.53. The largest absolute Gasteiger partial charge is 0.478 e. The third kappa shape index (κ3) is 13.5. The summed E-state index contributed by atoms with van der Waals surface area (Å²) < 4.78 is 106.